The van der Waals surface area contributed by atoms with Crippen molar-refractivity contribution in [3.8, 4) is 16.5 Å². The largest absolute Gasteiger partial charge is 0.369 e. The van der Waals surface area contributed by atoms with Crippen molar-refractivity contribution in [3.05, 3.63) is 30.0 Å². The van der Waals surface area contributed by atoms with Gasteiger partial charge in [0.1, 0.15) is 5.78 Å². The van der Waals surface area contributed by atoms with Crippen molar-refractivity contribution in [2.24, 2.45) is 16.7 Å². The van der Waals surface area contributed by atoms with Gasteiger partial charge in [0.15, 0.2) is 15.0 Å². The van der Waals surface area contributed by atoms with Crippen molar-refractivity contribution < 1.29 is 13.2 Å². The number of aromatic nitrogens is 1. The molecule has 1 aromatic carbocycles. The van der Waals surface area contributed by atoms with Gasteiger partial charge < -0.3 is 9.80 Å². The maximum absolute atomic E-state index is 13.7. The lowest BCUT2D eigenvalue weighted by Gasteiger charge is -2.32. The van der Waals surface area contributed by atoms with Gasteiger partial charge in [-0.1, -0.05) is 36.3 Å². The van der Waals surface area contributed by atoms with E-state index < -0.39 is 15.3 Å². The molecule has 0 radical (unpaired) electrons. The molecule has 0 amide bonds. The smallest absolute Gasteiger partial charge is 0.186 e. The first kappa shape index (κ1) is 27.4. The molecule has 218 valence electrons. The SMILES string of the molecule is N#CC1(CC(=O)[C@@H]2CCCC[C@H]2c2nc(N3CCC4(CC3)CC4)sc2-c2ccc(N3CCS(=O)(=O)CC3)cc2)CC1. The van der Waals surface area contributed by atoms with Crippen LogP contribution in [0.5, 0.6) is 0 Å². The van der Waals surface area contributed by atoms with Gasteiger partial charge in [-0.2, -0.15) is 5.26 Å². The molecule has 1 aromatic heterocycles. The van der Waals surface area contributed by atoms with E-state index in [0.717, 1.165) is 73.7 Å². The van der Waals surface area contributed by atoms with Gasteiger partial charge in [-0.25, -0.2) is 13.4 Å². The van der Waals surface area contributed by atoms with Crippen LogP contribution in [0.3, 0.4) is 0 Å². The van der Waals surface area contributed by atoms with Gasteiger partial charge in [0.2, 0.25) is 0 Å². The Balaban J connectivity index is 1.19. The number of Topliss-reactive ketones (excluding diaryl/α,β-unsaturated/α-hetero) is 1. The summed E-state index contributed by atoms with van der Waals surface area (Å²) in [6.07, 6.45) is 11.4. The van der Waals surface area contributed by atoms with Gasteiger partial charge in [-0.15, -0.1) is 0 Å². The van der Waals surface area contributed by atoms with Crippen LogP contribution < -0.4 is 9.80 Å². The number of thiazole rings is 1. The summed E-state index contributed by atoms with van der Waals surface area (Å²) in [4.78, 5) is 24.8. The Hall–Kier alpha value is -2.44. The third kappa shape index (κ3) is 5.54. The van der Waals surface area contributed by atoms with Gasteiger partial charge >= 0.3 is 0 Å². The number of benzene rings is 1. The fraction of sp³-hybridized carbons (Fsp3) is 0.656. The van der Waals surface area contributed by atoms with Crippen molar-refractivity contribution in [1.82, 2.24) is 4.98 Å². The molecule has 9 heteroatoms. The van der Waals surface area contributed by atoms with E-state index in [1.54, 1.807) is 11.3 Å². The third-order valence-electron chi connectivity index (χ3n) is 10.7. The van der Waals surface area contributed by atoms with Crippen molar-refractivity contribution in [2.45, 2.75) is 76.5 Å². The zero-order valence-electron chi connectivity index (χ0n) is 23.8. The van der Waals surface area contributed by atoms with E-state index in [1.807, 2.05) is 0 Å². The molecule has 2 aliphatic heterocycles. The number of nitriles is 1. The van der Waals surface area contributed by atoms with E-state index in [1.165, 1.54) is 30.6 Å². The Kier molecular flexibility index (Phi) is 6.93. The number of piperidine rings is 1. The Morgan fingerprint density at radius 3 is 2.27 bits per heavy atom. The fourth-order valence-electron chi connectivity index (χ4n) is 7.34. The molecule has 41 heavy (non-hydrogen) atoms. The molecule has 5 aliphatic rings. The minimum absolute atomic E-state index is 0.0612. The van der Waals surface area contributed by atoms with Crippen LogP contribution >= 0.6 is 11.3 Å². The number of carbonyl (C=O) groups is 1. The summed E-state index contributed by atoms with van der Waals surface area (Å²) in [5.74, 6) is 0.709. The summed E-state index contributed by atoms with van der Waals surface area (Å²) in [5.41, 5.74) is 3.45. The minimum atomic E-state index is -2.92. The molecule has 1 spiro atoms. The number of anilines is 2. The summed E-state index contributed by atoms with van der Waals surface area (Å²) < 4.78 is 23.8. The van der Waals surface area contributed by atoms with Crippen LogP contribution in [0.25, 0.3) is 10.4 Å². The van der Waals surface area contributed by atoms with E-state index in [4.69, 9.17) is 4.98 Å². The lowest BCUT2D eigenvalue weighted by Crippen LogP contribution is -2.40. The van der Waals surface area contributed by atoms with E-state index in [0.29, 0.717) is 24.9 Å². The molecular weight excluding hydrogens is 553 g/mol. The maximum atomic E-state index is 13.7. The standard InChI is InChI=1S/C32H40N4O3S2/c33-22-32(11-12-32)21-27(37)25-3-1-2-4-26(25)28-29(40-30(34-28)36-15-13-31(9-10-31)14-16-36)23-5-7-24(8-6-23)35-17-19-41(38,39)20-18-35/h5-8,25-26H,1-4,9-21H2/t25-,26-/m1/s1. The molecule has 5 fully saturated rings. The van der Waals surface area contributed by atoms with Gasteiger partial charge in [0.05, 0.1) is 33.6 Å². The highest BCUT2D eigenvalue weighted by atomic mass is 32.2. The number of carbonyl (C=O) groups excluding carboxylic acids is 1. The van der Waals surface area contributed by atoms with Crippen molar-refractivity contribution in [3.63, 3.8) is 0 Å². The number of nitrogens with zero attached hydrogens (tertiary/aromatic N) is 4. The number of hydrogen-bond donors (Lipinski definition) is 0. The summed E-state index contributed by atoms with van der Waals surface area (Å²) in [5, 5.41) is 10.7. The summed E-state index contributed by atoms with van der Waals surface area (Å²) in [6.45, 7) is 3.18. The first-order chi connectivity index (χ1) is 19.8. The zero-order valence-corrected chi connectivity index (χ0v) is 25.4. The normalized spacial score (nSPS) is 27.8. The van der Waals surface area contributed by atoms with Crippen molar-refractivity contribution in [1.29, 1.82) is 5.26 Å². The Bertz CT molecular complexity index is 1440. The summed E-state index contributed by atoms with van der Waals surface area (Å²) in [6, 6.07) is 11.0. The average molecular weight is 593 g/mol. The fourth-order valence-corrected chi connectivity index (χ4v) is 9.74. The molecule has 0 N–H and O–H groups in total. The quantitative estimate of drug-likeness (QED) is 0.391. The Labute approximate surface area is 247 Å². The lowest BCUT2D eigenvalue weighted by molar-refractivity contribution is -0.125. The van der Waals surface area contributed by atoms with E-state index in [-0.39, 0.29) is 29.1 Å². The number of sulfone groups is 1. The molecule has 0 unspecified atom stereocenters. The molecule has 7 rings (SSSR count). The molecule has 2 atom stereocenters. The van der Waals surface area contributed by atoms with Crippen LogP contribution in [-0.4, -0.2) is 56.9 Å². The predicted molar refractivity (Wildman–Crippen MR) is 163 cm³/mol. The van der Waals surface area contributed by atoms with Crippen molar-refractivity contribution >= 4 is 37.8 Å². The van der Waals surface area contributed by atoms with Crippen LogP contribution in [0.1, 0.15) is 82.2 Å². The van der Waals surface area contributed by atoms with Crippen LogP contribution in [0, 0.1) is 28.1 Å². The van der Waals surface area contributed by atoms with Crippen LogP contribution in [-0.2, 0) is 14.6 Å². The summed E-state index contributed by atoms with van der Waals surface area (Å²) in [7, 11) is -2.92. The molecule has 3 saturated carbocycles. The van der Waals surface area contributed by atoms with E-state index in [2.05, 4.69) is 40.1 Å². The molecule has 2 saturated heterocycles. The molecule has 3 aliphatic carbocycles. The van der Waals surface area contributed by atoms with Crippen LogP contribution in [0.15, 0.2) is 24.3 Å². The Morgan fingerprint density at radius 2 is 1.63 bits per heavy atom. The molecule has 0 bridgehead atoms. The van der Waals surface area contributed by atoms with Crippen LogP contribution in [0.4, 0.5) is 10.8 Å². The zero-order chi connectivity index (χ0) is 28.2. The highest BCUT2D eigenvalue weighted by Crippen LogP contribution is 2.55. The van der Waals surface area contributed by atoms with Crippen molar-refractivity contribution in [2.75, 3.05) is 47.5 Å². The second kappa shape index (κ2) is 10.4. The first-order valence-corrected chi connectivity index (χ1v) is 18.2. The predicted octanol–water partition coefficient (Wildman–Crippen LogP) is 5.96. The average Bonchev–Trinajstić information content (AvgIpc) is 3.90. The second-order valence-corrected chi connectivity index (χ2v) is 16.7. The second-order valence-electron chi connectivity index (χ2n) is 13.4. The first-order valence-electron chi connectivity index (χ1n) is 15.5. The molecule has 2 aromatic rings. The monoisotopic (exact) mass is 592 g/mol. The van der Waals surface area contributed by atoms with Gasteiger partial charge in [0, 0.05) is 50.1 Å². The van der Waals surface area contributed by atoms with Gasteiger partial charge in [-0.05, 0) is 74.5 Å². The van der Waals surface area contributed by atoms with E-state index >= 15 is 0 Å². The van der Waals surface area contributed by atoms with Crippen LogP contribution in [0.2, 0.25) is 0 Å². The lowest BCUT2D eigenvalue weighted by atomic mass is 9.73. The maximum Gasteiger partial charge on any atom is 0.186 e. The Morgan fingerprint density at radius 1 is 0.951 bits per heavy atom. The number of ketones is 1. The molecule has 3 heterocycles. The minimum Gasteiger partial charge on any atom is -0.369 e. The third-order valence-corrected chi connectivity index (χ3v) is 13.5. The van der Waals surface area contributed by atoms with Gasteiger partial charge in [-0.3, -0.25) is 4.79 Å². The topological polar surface area (TPSA) is 94.4 Å². The van der Waals surface area contributed by atoms with E-state index in [9.17, 15) is 18.5 Å². The molecule has 7 nitrogen and oxygen atoms in total. The number of hydrogen-bond acceptors (Lipinski definition) is 8. The molecular formula is C32H40N4O3S2. The van der Waals surface area contributed by atoms with Gasteiger partial charge in [0.25, 0.3) is 0 Å². The number of rotatable bonds is 7. The highest BCUT2D eigenvalue weighted by molar-refractivity contribution is 7.91. The highest BCUT2D eigenvalue weighted by Gasteiger charge is 2.48. The summed E-state index contributed by atoms with van der Waals surface area (Å²) >= 11 is 1.78.